The summed E-state index contributed by atoms with van der Waals surface area (Å²) in [6.45, 7) is 4.29. The number of aryl methyl sites for hydroxylation is 1. The Hall–Kier alpha value is -2.82. The van der Waals surface area contributed by atoms with Crippen molar-refractivity contribution in [3.8, 4) is 23.0 Å². The Kier molecular flexibility index (Phi) is 4.02. The van der Waals surface area contributed by atoms with Crippen molar-refractivity contribution in [1.82, 2.24) is 4.98 Å². The molecule has 23 heavy (non-hydrogen) atoms. The van der Waals surface area contributed by atoms with Gasteiger partial charge in [0.15, 0.2) is 11.5 Å². The topological polar surface area (TPSA) is 61.6 Å². The zero-order chi connectivity index (χ0) is 16.4. The van der Waals surface area contributed by atoms with Gasteiger partial charge in [-0.05, 0) is 25.5 Å². The molecule has 5 heteroatoms. The molecule has 0 radical (unpaired) electrons. The first-order valence-corrected chi connectivity index (χ1v) is 7.35. The van der Waals surface area contributed by atoms with Gasteiger partial charge in [-0.3, -0.25) is 0 Å². The van der Waals surface area contributed by atoms with Gasteiger partial charge in [0.25, 0.3) is 0 Å². The van der Waals surface area contributed by atoms with E-state index in [1.165, 1.54) is 0 Å². The molecule has 0 saturated carbocycles. The van der Waals surface area contributed by atoms with Gasteiger partial charge >= 0.3 is 5.63 Å². The van der Waals surface area contributed by atoms with Crippen LogP contribution >= 0.6 is 0 Å². The first-order chi connectivity index (χ1) is 11.1. The minimum absolute atomic E-state index is 0.298. The number of benzene rings is 2. The Morgan fingerprint density at radius 1 is 1.17 bits per heavy atom. The zero-order valence-corrected chi connectivity index (χ0v) is 13.3. The molecule has 2 aromatic carbocycles. The molecular formula is C18H17NO4. The maximum absolute atomic E-state index is 12.3. The normalized spacial score (nSPS) is 10.7. The molecule has 5 nitrogen and oxygen atoms in total. The lowest BCUT2D eigenvalue weighted by atomic mass is 10.1. The molecule has 0 unspecified atom stereocenters. The van der Waals surface area contributed by atoms with Crippen molar-refractivity contribution in [1.29, 1.82) is 0 Å². The maximum atomic E-state index is 12.3. The third-order valence-electron chi connectivity index (χ3n) is 3.59. The molecule has 1 heterocycles. The summed E-state index contributed by atoms with van der Waals surface area (Å²) in [6.07, 6.45) is 0. The highest BCUT2D eigenvalue weighted by molar-refractivity contribution is 5.82. The van der Waals surface area contributed by atoms with Crippen LogP contribution in [-0.4, -0.2) is 18.7 Å². The molecule has 0 aliphatic heterocycles. The summed E-state index contributed by atoms with van der Waals surface area (Å²) in [5.41, 5.74) is 1.84. The fourth-order valence-corrected chi connectivity index (χ4v) is 2.44. The second kappa shape index (κ2) is 6.12. The molecule has 0 amide bonds. The van der Waals surface area contributed by atoms with Crippen LogP contribution in [0.2, 0.25) is 0 Å². The van der Waals surface area contributed by atoms with E-state index in [-0.39, 0.29) is 0 Å². The maximum Gasteiger partial charge on any atom is 0.347 e. The van der Waals surface area contributed by atoms with Crippen molar-refractivity contribution in [2.45, 2.75) is 13.8 Å². The molecule has 0 saturated heterocycles. The number of hydrogen-bond donors (Lipinski definition) is 0. The summed E-state index contributed by atoms with van der Waals surface area (Å²) in [5, 5.41) is 0.367. The summed E-state index contributed by atoms with van der Waals surface area (Å²) in [6, 6.07) is 10.9. The Morgan fingerprint density at radius 2 is 1.96 bits per heavy atom. The van der Waals surface area contributed by atoms with Crippen LogP contribution in [0.25, 0.3) is 22.4 Å². The fraction of sp³-hybridized carbons (Fsp3) is 0.222. The fourth-order valence-electron chi connectivity index (χ4n) is 2.44. The van der Waals surface area contributed by atoms with Crippen LogP contribution in [-0.2, 0) is 0 Å². The summed E-state index contributed by atoms with van der Waals surface area (Å²) in [4.78, 5) is 16.8. The molecular weight excluding hydrogens is 294 g/mol. The van der Waals surface area contributed by atoms with Crippen LogP contribution in [0.15, 0.2) is 45.6 Å². The van der Waals surface area contributed by atoms with E-state index in [0.717, 1.165) is 11.1 Å². The summed E-state index contributed by atoms with van der Waals surface area (Å²) in [7, 11) is 1.55. The number of aromatic nitrogens is 1. The highest BCUT2D eigenvalue weighted by Crippen LogP contribution is 2.31. The molecule has 0 N–H and O–H groups in total. The van der Waals surface area contributed by atoms with E-state index < -0.39 is 5.63 Å². The van der Waals surface area contributed by atoms with Gasteiger partial charge in [0.2, 0.25) is 5.89 Å². The van der Waals surface area contributed by atoms with Crippen molar-refractivity contribution in [2.24, 2.45) is 0 Å². The standard InChI is InChI=1S/C18H17NO4/c1-4-22-16-9-13-14(10-15(16)21-3)19-17(23-18(13)20)12-8-6-5-7-11(12)2/h5-10H,4H2,1-3H3. The highest BCUT2D eigenvalue weighted by Gasteiger charge is 2.14. The van der Waals surface area contributed by atoms with Gasteiger partial charge < -0.3 is 13.9 Å². The van der Waals surface area contributed by atoms with Gasteiger partial charge in [0.05, 0.1) is 24.6 Å². The lowest BCUT2D eigenvalue weighted by Gasteiger charge is -2.10. The van der Waals surface area contributed by atoms with Crippen LogP contribution in [0.5, 0.6) is 11.5 Å². The molecule has 118 valence electrons. The number of rotatable bonds is 4. The van der Waals surface area contributed by atoms with Gasteiger partial charge in [-0.1, -0.05) is 18.2 Å². The first-order valence-electron chi connectivity index (χ1n) is 7.35. The summed E-state index contributed by atoms with van der Waals surface area (Å²) < 4.78 is 16.2. The van der Waals surface area contributed by atoms with Gasteiger partial charge in [-0.2, -0.15) is 0 Å². The minimum atomic E-state index is -0.447. The van der Waals surface area contributed by atoms with Crippen LogP contribution in [0.4, 0.5) is 0 Å². The van der Waals surface area contributed by atoms with E-state index in [1.807, 2.05) is 38.1 Å². The van der Waals surface area contributed by atoms with Crippen molar-refractivity contribution in [2.75, 3.05) is 13.7 Å². The second-order valence-electron chi connectivity index (χ2n) is 5.07. The first kappa shape index (κ1) is 15.1. The average molecular weight is 311 g/mol. The lowest BCUT2D eigenvalue weighted by Crippen LogP contribution is -2.05. The van der Waals surface area contributed by atoms with Crippen LogP contribution < -0.4 is 15.1 Å². The number of nitrogens with zero attached hydrogens (tertiary/aromatic N) is 1. The summed E-state index contributed by atoms with van der Waals surface area (Å²) in [5.74, 6) is 1.33. The van der Waals surface area contributed by atoms with Crippen LogP contribution in [0.1, 0.15) is 12.5 Å². The number of fused-ring (bicyclic) bond motifs is 1. The number of hydrogen-bond acceptors (Lipinski definition) is 5. The second-order valence-corrected chi connectivity index (χ2v) is 5.07. The van der Waals surface area contributed by atoms with E-state index in [2.05, 4.69) is 4.98 Å². The van der Waals surface area contributed by atoms with Crippen molar-refractivity contribution < 1.29 is 13.9 Å². The number of ether oxygens (including phenoxy) is 2. The molecule has 0 bridgehead atoms. The van der Waals surface area contributed by atoms with Crippen LogP contribution in [0.3, 0.4) is 0 Å². The predicted molar refractivity (Wildman–Crippen MR) is 88.2 cm³/mol. The Labute approximate surface area is 133 Å². The lowest BCUT2D eigenvalue weighted by molar-refractivity contribution is 0.311. The molecule has 0 spiro atoms. The smallest absolute Gasteiger partial charge is 0.347 e. The summed E-state index contributed by atoms with van der Waals surface area (Å²) >= 11 is 0. The van der Waals surface area contributed by atoms with Crippen molar-refractivity contribution in [3.63, 3.8) is 0 Å². The Bertz CT molecular complexity index is 915. The van der Waals surface area contributed by atoms with Crippen LogP contribution in [0, 0.1) is 6.92 Å². The zero-order valence-electron chi connectivity index (χ0n) is 13.3. The average Bonchev–Trinajstić information content (AvgIpc) is 2.55. The predicted octanol–water partition coefficient (Wildman–Crippen LogP) is 3.57. The molecule has 3 aromatic rings. The third kappa shape index (κ3) is 2.77. The minimum Gasteiger partial charge on any atom is -0.493 e. The SMILES string of the molecule is CCOc1cc2c(=O)oc(-c3ccccc3C)nc2cc1OC. The van der Waals surface area contributed by atoms with Gasteiger partial charge in [0.1, 0.15) is 0 Å². The molecule has 0 atom stereocenters. The van der Waals surface area contributed by atoms with E-state index >= 15 is 0 Å². The largest absolute Gasteiger partial charge is 0.493 e. The van der Waals surface area contributed by atoms with Crippen molar-refractivity contribution in [3.05, 3.63) is 52.4 Å². The van der Waals surface area contributed by atoms with E-state index in [1.54, 1.807) is 19.2 Å². The molecule has 1 aromatic heterocycles. The molecule has 0 aliphatic carbocycles. The van der Waals surface area contributed by atoms with Crippen molar-refractivity contribution >= 4 is 10.9 Å². The monoisotopic (exact) mass is 311 g/mol. The Morgan fingerprint density at radius 3 is 2.65 bits per heavy atom. The highest BCUT2D eigenvalue weighted by atomic mass is 16.5. The van der Waals surface area contributed by atoms with Gasteiger partial charge in [-0.25, -0.2) is 9.78 Å². The quantitative estimate of drug-likeness (QED) is 0.737. The van der Waals surface area contributed by atoms with E-state index in [9.17, 15) is 4.79 Å². The number of methoxy groups -OCH3 is 1. The molecule has 0 fully saturated rings. The van der Waals surface area contributed by atoms with E-state index in [4.69, 9.17) is 13.9 Å². The Balaban J connectivity index is 2.24. The molecule has 3 rings (SSSR count). The molecule has 0 aliphatic rings. The van der Waals surface area contributed by atoms with Gasteiger partial charge in [-0.15, -0.1) is 0 Å². The van der Waals surface area contributed by atoms with E-state index in [0.29, 0.717) is 34.9 Å². The van der Waals surface area contributed by atoms with Gasteiger partial charge in [0, 0.05) is 17.7 Å². The third-order valence-corrected chi connectivity index (χ3v) is 3.59.